The first-order valence-corrected chi connectivity index (χ1v) is 11.5. The standard InChI is InChI=1S/C23H34N4O2S/c1-6-24-22(25-14-21-27-17(3)18(4)30-21)26-15-23(9-11-29-12-10-23)19-13-16(2)7-8-20(19)28-5/h7-8,13H,6,9-12,14-15H2,1-5H3,(H2,24,25,26). The Kier molecular flexibility index (Phi) is 7.72. The lowest BCUT2D eigenvalue weighted by Gasteiger charge is -2.39. The van der Waals surface area contributed by atoms with E-state index < -0.39 is 0 Å². The number of aromatic nitrogens is 1. The molecule has 30 heavy (non-hydrogen) atoms. The van der Waals surface area contributed by atoms with Crippen LogP contribution in [0.4, 0.5) is 0 Å². The second-order valence-electron chi connectivity index (χ2n) is 7.89. The van der Waals surface area contributed by atoms with Crippen molar-refractivity contribution in [3.63, 3.8) is 0 Å². The molecule has 1 fully saturated rings. The summed E-state index contributed by atoms with van der Waals surface area (Å²) >= 11 is 1.72. The number of nitrogens with one attached hydrogen (secondary N) is 2. The molecule has 0 atom stereocenters. The van der Waals surface area contributed by atoms with E-state index >= 15 is 0 Å². The van der Waals surface area contributed by atoms with Crippen LogP contribution in [0.2, 0.25) is 0 Å². The van der Waals surface area contributed by atoms with Crippen LogP contribution in [-0.2, 0) is 16.7 Å². The SMILES string of the molecule is CCNC(=NCc1nc(C)c(C)s1)NCC1(c2cc(C)ccc2OC)CCOCC1. The molecule has 1 aliphatic rings. The number of methoxy groups -OCH3 is 1. The second-order valence-corrected chi connectivity index (χ2v) is 9.18. The van der Waals surface area contributed by atoms with Crippen LogP contribution in [0.25, 0.3) is 0 Å². The highest BCUT2D eigenvalue weighted by Crippen LogP contribution is 2.40. The Labute approximate surface area is 184 Å². The van der Waals surface area contributed by atoms with Gasteiger partial charge in [0, 0.05) is 42.2 Å². The fourth-order valence-corrected chi connectivity index (χ4v) is 4.75. The molecule has 0 aliphatic carbocycles. The number of hydrogen-bond acceptors (Lipinski definition) is 5. The Hall–Kier alpha value is -2.12. The Morgan fingerprint density at radius 1 is 1.23 bits per heavy atom. The van der Waals surface area contributed by atoms with Gasteiger partial charge in [-0.25, -0.2) is 9.98 Å². The summed E-state index contributed by atoms with van der Waals surface area (Å²) in [5.74, 6) is 1.76. The average Bonchev–Trinajstić information content (AvgIpc) is 3.08. The van der Waals surface area contributed by atoms with Gasteiger partial charge in [-0.15, -0.1) is 11.3 Å². The van der Waals surface area contributed by atoms with Gasteiger partial charge in [-0.05, 0) is 46.6 Å². The summed E-state index contributed by atoms with van der Waals surface area (Å²) in [4.78, 5) is 10.7. The van der Waals surface area contributed by atoms with Crippen molar-refractivity contribution in [1.29, 1.82) is 0 Å². The Balaban J connectivity index is 1.81. The lowest BCUT2D eigenvalue weighted by molar-refractivity contribution is 0.0505. The van der Waals surface area contributed by atoms with Crippen molar-refractivity contribution in [1.82, 2.24) is 15.6 Å². The van der Waals surface area contributed by atoms with E-state index in [9.17, 15) is 0 Å². The van der Waals surface area contributed by atoms with Crippen molar-refractivity contribution >= 4 is 17.3 Å². The zero-order chi connectivity index (χ0) is 21.6. The van der Waals surface area contributed by atoms with E-state index in [-0.39, 0.29) is 5.41 Å². The normalized spacial score (nSPS) is 16.4. The molecular weight excluding hydrogens is 396 g/mol. The van der Waals surface area contributed by atoms with Gasteiger partial charge in [0.1, 0.15) is 10.8 Å². The Morgan fingerprint density at radius 2 is 2.00 bits per heavy atom. The highest BCUT2D eigenvalue weighted by Gasteiger charge is 2.37. The van der Waals surface area contributed by atoms with Crippen molar-refractivity contribution in [3.8, 4) is 5.75 Å². The smallest absolute Gasteiger partial charge is 0.191 e. The lowest BCUT2D eigenvalue weighted by atomic mass is 9.73. The van der Waals surface area contributed by atoms with Crippen LogP contribution in [0, 0.1) is 20.8 Å². The predicted octanol–water partition coefficient (Wildman–Crippen LogP) is 3.88. The van der Waals surface area contributed by atoms with Crippen molar-refractivity contribution in [2.75, 3.05) is 33.4 Å². The van der Waals surface area contributed by atoms with Gasteiger partial charge in [-0.3, -0.25) is 0 Å². The van der Waals surface area contributed by atoms with Gasteiger partial charge in [0.15, 0.2) is 5.96 Å². The van der Waals surface area contributed by atoms with Crippen LogP contribution in [0.3, 0.4) is 0 Å². The van der Waals surface area contributed by atoms with Crippen LogP contribution in [0.5, 0.6) is 5.75 Å². The van der Waals surface area contributed by atoms with Gasteiger partial charge in [0.2, 0.25) is 0 Å². The highest BCUT2D eigenvalue weighted by atomic mass is 32.1. The summed E-state index contributed by atoms with van der Waals surface area (Å²) < 4.78 is 11.4. The van der Waals surface area contributed by atoms with Gasteiger partial charge in [-0.2, -0.15) is 0 Å². The zero-order valence-electron chi connectivity index (χ0n) is 18.8. The quantitative estimate of drug-likeness (QED) is 0.515. The maximum atomic E-state index is 5.73. The first kappa shape index (κ1) is 22.6. The molecule has 2 aromatic rings. The summed E-state index contributed by atoms with van der Waals surface area (Å²) in [6.45, 7) is 12.0. The van der Waals surface area contributed by atoms with E-state index in [0.29, 0.717) is 6.54 Å². The minimum Gasteiger partial charge on any atom is -0.496 e. The molecule has 0 bridgehead atoms. The lowest BCUT2D eigenvalue weighted by Crippen LogP contribution is -2.48. The van der Waals surface area contributed by atoms with Crippen molar-refractivity contribution < 1.29 is 9.47 Å². The largest absolute Gasteiger partial charge is 0.496 e. The van der Waals surface area contributed by atoms with Crippen LogP contribution in [-0.4, -0.2) is 44.4 Å². The van der Waals surface area contributed by atoms with Gasteiger partial charge in [-0.1, -0.05) is 17.7 Å². The molecule has 164 valence electrons. The number of nitrogens with zero attached hydrogens (tertiary/aromatic N) is 2. The number of rotatable bonds is 7. The maximum absolute atomic E-state index is 5.73. The molecule has 0 spiro atoms. The molecule has 1 aliphatic heterocycles. The van der Waals surface area contributed by atoms with Crippen LogP contribution in [0.1, 0.15) is 46.5 Å². The third-order valence-corrected chi connectivity index (χ3v) is 6.82. The highest BCUT2D eigenvalue weighted by molar-refractivity contribution is 7.11. The average molecular weight is 431 g/mol. The molecule has 3 rings (SSSR count). The summed E-state index contributed by atoms with van der Waals surface area (Å²) in [6.07, 6.45) is 1.90. The number of hydrogen-bond donors (Lipinski definition) is 2. The van der Waals surface area contributed by atoms with E-state index in [2.05, 4.69) is 54.6 Å². The summed E-state index contributed by atoms with van der Waals surface area (Å²) in [6, 6.07) is 6.44. The van der Waals surface area contributed by atoms with Crippen LogP contribution in [0.15, 0.2) is 23.2 Å². The molecule has 1 aromatic heterocycles. The van der Waals surface area contributed by atoms with E-state index in [1.165, 1.54) is 16.0 Å². The molecule has 0 unspecified atom stereocenters. The number of ether oxygens (including phenoxy) is 2. The van der Waals surface area contributed by atoms with E-state index in [0.717, 1.165) is 61.6 Å². The third kappa shape index (κ3) is 5.32. The van der Waals surface area contributed by atoms with Gasteiger partial charge < -0.3 is 20.1 Å². The molecule has 6 nitrogen and oxygen atoms in total. The number of aliphatic imine (C=N–C) groups is 1. The molecule has 2 heterocycles. The first-order valence-electron chi connectivity index (χ1n) is 10.7. The molecule has 0 amide bonds. The van der Waals surface area contributed by atoms with Gasteiger partial charge in [0.25, 0.3) is 0 Å². The van der Waals surface area contributed by atoms with Crippen LogP contribution < -0.4 is 15.4 Å². The molecule has 1 aromatic carbocycles. The summed E-state index contributed by atoms with van der Waals surface area (Å²) in [5.41, 5.74) is 3.53. The molecule has 0 saturated carbocycles. The maximum Gasteiger partial charge on any atom is 0.191 e. The molecule has 7 heteroatoms. The van der Waals surface area contributed by atoms with Crippen molar-refractivity contribution in [2.24, 2.45) is 4.99 Å². The first-order chi connectivity index (χ1) is 14.5. The van der Waals surface area contributed by atoms with Crippen molar-refractivity contribution in [2.45, 2.75) is 52.5 Å². The molecule has 0 radical (unpaired) electrons. The third-order valence-electron chi connectivity index (χ3n) is 5.76. The summed E-state index contributed by atoms with van der Waals surface area (Å²) in [7, 11) is 1.75. The Bertz CT molecular complexity index is 853. The fraction of sp³-hybridized carbons (Fsp3) is 0.565. The van der Waals surface area contributed by atoms with E-state index in [1.807, 2.05) is 6.92 Å². The number of guanidine groups is 1. The van der Waals surface area contributed by atoms with Gasteiger partial charge in [0.05, 0.1) is 19.3 Å². The molecular formula is C23H34N4O2S. The summed E-state index contributed by atoms with van der Waals surface area (Å²) in [5, 5.41) is 8.02. The minimum absolute atomic E-state index is 0.0554. The number of benzene rings is 1. The minimum atomic E-state index is -0.0554. The second kappa shape index (κ2) is 10.3. The zero-order valence-corrected chi connectivity index (χ0v) is 19.6. The molecule has 2 N–H and O–H groups in total. The van der Waals surface area contributed by atoms with E-state index in [4.69, 9.17) is 14.5 Å². The van der Waals surface area contributed by atoms with Crippen molar-refractivity contribution in [3.05, 3.63) is 44.9 Å². The topological polar surface area (TPSA) is 67.8 Å². The molecule has 1 saturated heterocycles. The fourth-order valence-electron chi connectivity index (χ4n) is 3.89. The Morgan fingerprint density at radius 3 is 2.63 bits per heavy atom. The predicted molar refractivity (Wildman–Crippen MR) is 124 cm³/mol. The van der Waals surface area contributed by atoms with Crippen LogP contribution >= 0.6 is 11.3 Å². The number of thiazole rings is 1. The monoisotopic (exact) mass is 430 g/mol. The number of aryl methyl sites for hydroxylation is 3. The van der Waals surface area contributed by atoms with Gasteiger partial charge >= 0.3 is 0 Å². The van der Waals surface area contributed by atoms with E-state index in [1.54, 1.807) is 18.4 Å².